The number of carbonyl (C=O) groups excluding carboxylic acids is 3. The topological polar surface area (TPSA) is 103 Å². The van der Waals surface area contributed by atoms with Crippen LogP contribution in [0, 0.1) is 0 Å². The lowest BCUT2D eigenvalue weighted by molar-refractivity contribution is -0.143. The SMILES string of the molecule is CCOc1ccc(C(=O)N[C@@H](CCCNC(=O)OC(C)(C)C)C(=O)OC)cc1. The predicted octanol–water partition coefficient (Wildman–Crippen LogP) is 2.66. The van der Waals surface area contributed by atoms with E-state index in [9.17, 15) is 14.4 Å². The van der Waals surface area contributed by atoms with E-state index >= 15 is 0 Å². The summed E-state index contributed by atoms with van der Waals surface area (Å²) < 4.78 is 15.2. The van der Waals surface area contributed by atoms with Gasteiger partial charge in [0.25, 0.3) is 5.91 Å². The predicted molar refractivity (Wildman–Crippen MR) is 104 cm³/mol. The molecule has 0 radical (unpaired) electrons. The van der Waals surface area contributed by atoms with Crippen LogP contribution < -0.4 is 15.4 Å². The molecule has 8 heteroatoms. The molecule has 1 aromatic rings. The normalized spacial score (nSPS) is 11.9. The fraction of sp³-hybridized carbons (Fsp3) is 0.550. The van der Waals surface area contributed by atoms with E-state index in [4.69, 9.17) is 14.2 Å². The Morgan fingerprint density at radius 2 is 1.75 bits per heavy atom. The van der Waals surface area contributed by atoms with Gasteiger partial charge in [-0.2, -0.15) is 0 Å². The van der Waals surface area contributed by atoms with Crippen molar-refractivity contribution in [1.82, 2.24) is 10.6 Å². The average Bonchev–Trinajstić information content (AvgIpc) is 2.62. The zero-order valence-electron chi connectivity index (χ0n) is 17.2. The van der Waals surface area contributed by atoms with E-state index in [-0.39, 0.29) is 0 Å². The van der Waals surface area contributed by atoms with Crippen LogP contribution in [0.25, 0.3) is 0 Å². The second-order valence-electron chi connectivity index (χ2n) is 7.08. The number of alkyl carbamates (subject to hydrolysis) is 1. The van der Waals surface area contributed by atoms with Gasteiger partial charge in [-0.05, 0) is 64.8 Å². The third-order valence-electron chi connectivity index (χ3n) is 3.56. The van der Waals surface area contributed by atoms with E-state index in [1.807, 2.05) is 6.92 Å². The van der Waals surface area contributed by atoms with Crippen LogP contribution >= 0.6 is 0 Å². The van der Waals surface area contributed by atoms with Gasteiger partial charge in [0.2, 0.25) is 0 Å². The third-order valence-corrected chi connectivity index (χ3v) is 3.56. The van der Waals surface area contributed by atoms with E-state index in [1.54, 1.807) is 45.0 Å². The Labute approximate surface area is 165 Å². The fourth-order valence-electron chi connectivity index (χ4n) is 2.31. The van der Waals surface area contributed by atoms with E-state index in [2.05, 4.69) is 10.6 Å². The molecule has 0 heterocycles. The first-order chi connectivity index (χ1) is 13.2. The molecule has 8 nitrogen and oxygen atoms in total. The van der Waals surface area contributed by atoms with Gasteiger partial charge in [0, 0.05) is 12.1 Å². The van der Waals surface area contributed by atoms with E-state index in [0.717, 1.165) is 0 Å². The summed E-state index contributed by atoms with van der Waals surface area (Å²) in [6, 6.07) is 5.81. The molecule has 28 heavy (non-hydrogen) atoms. The molecular weight excluding hydrogens is 364 g/mol. The molecule has 0 bridgehead atoms. The Hall–Kier alpha value is -2.77. The Balaban J connectivity index is 2.55. The van der Waals surface area contributed by atoms with Crippen molar-refractivity contribution in [1.29, 1.82) is 0 Å². The summed E-state index contributed by atoms with van der Waals surface area (Å²) in [4.78, 5) is 36.0. The molecule has 0 unspecified atom stereocenters. The Kier molecular flexibility index (Phi) is 9.27. The van der Waals surface area contributed by atoms with Crippen LogP contribution in [0.1, 0.15) is 50.9 Å². The second kappa shape index (κ2) is 11.2. The third kappa shape index (κ3) is 8.75. The van der Waals surface area contributed by atoms with Crippen molar-refractivity contribution in [3.05, 3.63) is 29.8 Å². The number of esters is 1. The highest BCUT2D eigenvalue weighted by atomic mass is 16.6. The van der Waals surface area contributed by atoms with Gasteiger partial charge in [-0.25, -0.2) is 9.59 Å². The van der Waals surface area contributed by atoms with Gasteiger partial charge in [-0.1, -0.05) is 0 Å². The largest absolute Gasteiger partial charge is 0.494 e. The van der Waals surface area contributed by atoms with Crippen molar-refractivity contribution >= 4 is 18.0 Å². The van der Waals surface area contributed by atoms with Gasteiger partial charge in [0.1, 0.15) is 17.4 Å². The first-order valence-electron chi connectivity index (χ1n) is 9.24. The number of benzene rings is 1. The minimum absolute atomic E-state index is 0.307. The van der Waals surface area contributed by atoms with Crippen molar-refractivity contribution in [3.8, 4) is 5.75 Å². The van der Waals surface area contributed by atoms with Gasteiger partial charge in [-0.15, -0.1) is 0 Å². The monoisotopic (exact) mass is 394 g/mol. The number of methoxy groups -OCH3 is 1. The fourth-order valence-corrected chi connectivity index (χ4v) is 2.31. The van der Waals surface area contributed by atoms with Crippen LogP contribution in [-0.4, -0.2) is 49.9 Å². The second-order valence-corrected chi connectivity index (χ2v) is 7.08. The number of hydrogen-bond donors (Lipinski definition) is 2. The lowest BCUT2D eigenvalue weighted by atomic mass is 10.1. The van der Waals surface area contributed by atoms with Crippen LogP contribution in [0.5, 0.6) is 5.75 Å². The van der Waals surface area contributed by atoms with Crippen molar-refractivity contribution in [2.45, 2.75) is 52.2 Å². The highest BCUT2D eigenvalue weighted by Crippen LogP contribution is 2.13. The minimum atomic E-state index is -0.815. The standard InChI is InChI=1S/C20H30N2O6/c1-6-27-15-11-9-14(10-12-15)17(23)22-16(18(24)26-5)8-7-13-21-19(25)28-20(2,3)4/h9-12,16H,6-8,13H2,1-5H3,(H,21,25)(H,22,23)/t16-/m0/s1. The minimum Gasteiger partial charge on any atom is -0.494 e. The molecule has 0 saturated carbocycles. The highest BCUT2D eigenvalue weighted by molar-refractivity contribution is 5.96. The molecule has 0 spiro atoms. The Bertz CT molecular complexity index is 652. The molecule has 2 amide bonds. The molecular formula is C20H30N2O6. The Morgan fingerprint density at radius 3 is 2.29 bits per heavy atom. The lowest BCUT2D eigenvalue weighted by Gasteiger charge is -2.20. The number of amides is 2. The average molecular weight is 394 g/mol. The smallest absolute Gasteiger partial charge is 0.407 e. The number of rotatable bonds is 9. The summed E-state index contributed by atoms with van der Waals surface area (Å²) in [6.07, 6.45) is 0.244. The number of hydrogen-bond acceptors (Lipinski definition) is 6. The first kappa shape index (κ1) is 23.3. The zero-order valence-corrected chi connectivity index (χ0v) is 17.2. The van der Waals surface area contributed by atoms with Crippen LogP contribution in [0.15, 0.2) is 24.3 Å². The van der Waals surface area contributed by atoms with Gasteiger partial charge in [0.05, 0.1) is 13.7 Å². The van der Waals surface area contributed by atoms with E-state index in [0.29, 0.717) is 37.3 Å². The summed E-state index contributed by atoms with van der Waals surface area (Å²) in [5.74, 6) is -0.271. The molecule has 0 saturated heterocycles. The molecule has 1 atom stereocenters. The van der Waals surface area contributed by atoms with Gasteiger partial charge < -0.3 is 24.8 Å². The van der Waals surface area contributed by atoms with Crippen LogP contribution in [0.3, 0.4) is 0 Å². The molecule has 1 rings (SSSR count). The molecule has 0 aliphatic rings. The summed E-state index contributed by atoms with van der Waals surface area (Å²) in [6.45, 7) is 8.04. The molecule has 0 aromatic heterocycles. The van der Waals surface area contributed by atoms with Crippen LogP contribution in [0.4, 0.5) is 4.79 Å². The summed E-state index contributed by atoms with van der Waals surface area (Å²) in [5.41, 5.74) is -0.172. The summed E-state index contributed by atoms with van der Waals surface area (Å²) in [5, 5.41) is 5.28. The first-order valence-corrected chi connectivity index (χ1v) is 9.24. The maximum absolute atomic E-state index is 12.4. The molecule has 0 fully saturated rings. The van der Waals surface area contributed by atoms with E-state index in [1.165, 1.54) is 7.11 Å². The maximum atomic E-state index is 12.4. The van der Waals surface area contributed by atoms with Crippen LogP contribution in [-0.2, 0) is 14.3 Å². The number of ether oxygens (including phenoxy) is 3. The Morgan fingerprint density at radius 1 is 1.11 bits per heavy atom. The lowest BCUT2D eigenvalue weighted by Crippen LogP contribution is -2.42. The van der Waals surface area contributed by atoms with Crippen molar-refractivity contribution in [2.75, 3.05) is 20.3 Å². The zero-order chi connectivity index (χ0) is 21.2. The molecule has 156 valence electrons. The molecule has 0 aliphatic heterocycles. The van der Waals surface area contributed by atoms with Gasteiger partial charge in [-0.3, -0.25) is 4.79 Å². The number of nitrogens with one attached hydrogen (secondary N) is 2. The van der Waals surface area contributed by atoms with Crippen molar-refractivity contribution in [3.63, 3.8) is 0 Å². The van der Waals surface area contributed by atoms with Crippen molar-refractivity contribution < 1.29 is 28.6 Å². The van der Waals surface area contributed by atoms with E-state index < -0.39 is 29.6 Å². The summed E-state index contributed by atoms with van der Waals surface area (Å²) in [7, 11) is 1.26. The van der Waals surface area contributed by atoms with Crippen LogP contribution in [0.2, 0.25) is 0 Å². The van der Waals surface area contributed by atoms with Crippen molar-refractivity contribution in [2.24, 2.45) is 0 Å². The quantitative estimate of drug-likeness (QED) is 0.493. The molecule has 2 N–H and O–H groups in total. The highest BCUT2D eigenvalue weighted by Gasteiger charge is 2.22. The molecule has 1 aromatic carbocycles. The maximum Gasteiger partial charge on any atom is 0.407 e. The van der Waals surface area contributed by atoms with Gasteiger partial charge in [0.15, 0.2) is 0 Å². The van der Waals surface area contributed by atoms with Gasteiger partial charge >= 0.3 is 12.1 Å². The number of carbonyl (C=O) groups is 3. The molecule has 0 aliphatic carbocycles. The summed E-state index contributed by atoms with van der Waals surface area (Å²) >= 11 is 0.